The number of anilines is 2. The molecule has 0 radical (unpaired) electrons. The van der Waals surface area contributed by atoms with Gasteiger partial charge in [-0.15, -0.1) is 0 Å². The van der Waals surface area contributed by atoms with E-state index in [4.69, 9.17) is 16.3 Å². The average molecular weight is 581 g/mol. The molecule has 1 saturated heterocycles. The fraction of sp³-hybridized carbons (Fsp3) is 0.321. The van der Waals surface area contributed by atoms with Crippen LogP contribution in [0.5, 0.6) is 0 Å². The average Bonchev–Trinajstić information content (AvgIpc) is 3.54. The Morgan fingerprint density at radius 2 is 1.93 bits per heavy atom. The third kappa shape index (κ3) is 4.52. The first-order valence-corrected chi connectivity index (χ1v) is 15.0. The molecular weight excluding hydrogens is 552 g/mol. The van der Waals surface area contributed by atoms with Gasteiger partial charge in [0.15, 0.2) is 5.65 Å². The summed E-state index contributed by atoms with van der Waals surface area (Å²) in [6.45, 7) is 5.40. The topological polar surface area (TPSA) is 118 Å². The van der Waals surface area contributed by atoms with E-state index >= 15 is 0 Å². The summed E-state index contributed by atoms with van der Waals surface area (Å²) in [5, 5.41) is 8.01. The molecule has 0 bridgehead atoms. The van der Waals surface area contributed by atoms with Gasteiger partial charge in [0.05, 0.1) is 29.1 Å². The minimum Gasteiger partial charge on any atom is -0.365 e. The predicted octanol–water partition coefficient (Wildman–Crippen LogP) is 4.39. The Bertz CT molecular complexity index is 1730. The molecular formula is C28H29ClN6O4S. The third-order valence-corrected chi connectivity index (χ3v) is 9.46. The van der Waals surface area contributed by atoms with Crippen molar-refractivity contribution in [2.75, 3.05) is 25.0 Å². The number of aryl methyl sites for hydroxylation is 1. The highest BCUT2D eigenvalue weighted by molar-refractivity contribution is 7.89. The standard InChI is InChI=1S/C28H29ClN6O4S/c1-3-32-40(37,38)24-16-31-35-25(33-23-14-18(2)8-9-22(23)29)20(15-30-26(24)35)27(36)34-12-10-28(11-13-34)21-7-5-4-6-19(21)17-39-28/h4-9,14-16,32-33H,3,10-13,17H2,1-2H3. The summed E-state index contributed by atoms with van der Waals surface area (Å²) in [5.41, 5.74) is 3.88. The monoisotopic (exact) mass is 580 g/mol. The van der Waals surface area contributed by atoms with Crippen molar-refractivity contribution < 1.29 is 17.9 Å². The predicted molar refractivity (Wildman–Crippen MR) is 151 cm³/mol. The fourth-order valence-corrected chi connectivity index (χ4v) is 6.81. The molecule has 6 rings (SSSR count). The number of aromatic nitrogens is 3. The number of halogens is 1. The van der Waals surface area contributed by atoms with Gasteiger partial charge in [0.1, 0.15) is 16.3 Å². The molecule has 2 aromatic carbocycles. The lowest BCUT2D eigenvalue weighted by Crippen LogP contribution is -2.45. The maximum absolute atomic E-state index is 14.0. The van der Waals surface area contributed by atoms with Crippen LogP contribution in [-0.2, 0) is 27.0 Å². The normalized spacial score (nSPS) is 16.4. The number of fused-ring (bicyclic) bond motifs is 3. The Balaban J connectivity index is 1.37. The highest BCUT2D eigenvalue weighted by Gasteiger charge is 2.43. The van der Waals surface area contributed by atoms with Crippen LogP contribution in [0.2, 0.25) is 5.02 Å². The SMILES string of the molecule is CCNS(=O)(=O)c1cnn2c(Nc3cc(C)ccc3Cl)c(C(=O)N3CCC4(CC3)OCc3ccccc34)cnc12. The van der Waals surface area contributed by atoms with Gasteiger partial charge in [0.25, 0.3) is 5.91 Å². The summed E-state index contributed by atoms with van der Waals surface area (Å²) >= 11 is 6.48. The zero-order valence-corrected chi connectivity index (χ0v) is 23.7. The van der Waals surface area contributed by atoms with Gasteiger partial charge in [-0.3, -0.25) is 4.79 Å². The van der Waals surface area contributed by atoms with Crippen LogP contribution in [0, 0.1) is 6.92 Å². The van der Waals surface area contributed by atoms with Crippen LogP contribution in [-0.4, -0.2) is 53.5 Å². The number of amides is 1. The number of ether oxygens (including phenoxy) is 1. The van der Waals surface area contributed by atoms with Crippen molar-refractivity contribution in [3.05, 3.63) is 82.1 Å². The molecule has 1 fully saturated rings. The van der Waals surface area contributed by atoms with Crippen molar-refractivity contribution in [3.63, 3.8) is 0 Å². The second-order valence-corrected chi connectivity index (χ2v) is 12.2. The smallest absolute Gasteiger partial charge is 0.259 e. The number of likely N-dealkylation sites (tertiary alicyclic amines) is 1. The van der Waals surface area contributed by atoms with Gasteiger partial charge in [0, 0.05) is 25.8 Å². The number of nitrogens with zero attached hydrogens (tertiary/aromatic N) is 4. The lowest BCUT2D eigenvalue weighted by molar-refractivity contribution is -0.0741. The summed E-state index contributed by atoms with van der Waals surface area (Å²) in [5.74, 6) is 0.0385. The molecule has 2 aromatic heterocycles. The summed E-state index contributed by atoms with van der Waals surface area (Å²) in [6, 6.07) is 13.7. The van der Waals surface area contributed by atoms with E-state index in [9.17, 15) is 13.2 Å². The van der Waals surface area contributed by atoms with E-state index < -0.39 is 10.0 Å². The first-order valence-electron chi connectivity index (χ1n) is 13.1. The molecule has 2 aliphatic rings. The third-order valence-electron chi connectivity index (χ3n) is 7.59. The van der Waals surface area contributed by atoms with Gasteiger partial charge in [-0.1, -0.05) is 48.9 Å². The maximum Gasteiger partial charge on any atom is 0.259 e. The quantitative estimate of drug-likeness (QED) is 0.347. The van der Waals surface area contributed by atoms with Crippen molar-refractivity contribution in [2.45, 2.75) is 43.8 Å². The number of nitrogens with one attached hydrogen (secondary N) is 2. The molecule has 208 valence electrons. The highest BCUT2D eigenvalue weighted by atomic mass is 35.5. The molecule has 12 heteroatoms. The fourth-order valence-electron chi connectivity index (χ4n) is 5.55. The van der Waals surface area contributed by atoms with Gasteiger partial charge in [-0.25, -0.2) is 18.1 Å². The molecule has 0 aliphatic carbocycles. The number of sulfonamides is 1. The molecule has 2 aliphatic heterocycles. The van der Waals surface area contributed by atoms with Gasteiger partial charge in [-0.05, 0) is 48.6 Å². The Morgan fingerprint density at radius 1 is 1.15 bits per heavy atom. The van der Waals surface area contributed by atoms with Crippen molar-refractivity contribution in [1.29, 1.82) is 0 Å². The molecule has 10 nitrogen and oxygen atoms in total. The molecule has 0 unspecified atom stereocenters. The number of hydrogen-bond acceptors (Lipinski definition) is 7. The molecule has 0 atom stereocenters. The first-order chi connectivity index (χ1) is 19.2. The summed E-state index contributed by atoms with van der Waals surface area (Å²) < 4.78 is 35.7. The molecule has 4 aromatic rings. The van der Waals surface area contributed by atoms with Crippen LogP contribution in [0.3, 0.4) is 0 Å². The summed E-state index contributed by atoms with van der Waals surface area (Å²) in [4.78, 5) is 20.0. The van der Waals surface area contributed by atoms with E-state index in [2.05, 4.69) is 32.3 Å². The lowest BCUT2D eigenvalue weighted by Gasteiger charge is -2.39. The maximum atomic E-state index is 14.0. The van der Waals surface area contributed by atoms with E-state index in [1.54, 1.807) is 17.9 Å². The van der Waals surface area contributed by atoms with E-state index in [1.807, 2.05) is 31.2 Å². The van der Waals surface area contributed by atoms with Crippen LogP contribution < -0.4 is 10.0 Å². The highest BCUT2D eigenvalue weighted by Crippen LogP contribution is 2.44. The van der Waals surface area contributed by atoms with Crippen LogP contribution in [0.15, 0.2) is 59.8 Å². The summed E-state index contributed by atoms with van der Waals surface area (Å²) in [6.07, 6.45) is 3.98. The molecule has 0 saturated carbocycles. The molecule has 1 amide bonds. The van der Waals surface area contributed by atoms with Crippen molar-refractivity contribution in [2.24, 2.45) is 0 Å². The minimum atomic E-state index is -3.85. The number of carbonyl (C=O) groups excluding carboxylic acids is 1. The molecule has 40 heavy (non-hydrogen) atoms. The van der Waals surface area contributed by atoms with Crippen LogP contribution in [0.25, 0.3) is 5.65 Å². The number of hydrogen-bond donors (Lipinski definition) is 2. The van der Waals surface area contributed by atoms with Crippen molar-refractivity contribution in [3.8, 4) is 0 Å². The summed E-state index contributed by atoms with van der Waals surface area (Å²) in [7, 11) is -3.85. The number of piperidine rings is 1. The number of rotatable bonds is 6. The van der Waals surface area contributed by atoms with E-state index in [-0.39, 0.29) is 40.0 Å². The van der Waals surface area contributed by atoms with Gasteiger partial charge < -0.3 is 15.0 Å². The number of benzene rings is 2. The Morgan fingerprint density at radius 3 is 2.70 bits per heavy atom. The Hall–Kier alpha value is -3.51. The van der Waals surface area contributed by atoms with Gasteiger partial charge in [-0.2, -0.15) is 9.61 Å². The lowest BCUT2D eigenvalue weighted by atomic mass is 9.83. The van der Waals surface area contributed by atoms with Crippen LogP contribution >= 0.6 is 11.6 Å². The molecule has 2 N–H and O–H groups in total. The second-order valence-electron chi connectivity index (χ2n) is 10.1. The van der Waals surface area contributed by atoms with Crippen molar-refractivity contribution in [1.82, 2.24) is 24.2 Å². The zero-order chi connectivity index (χ0) is 28.1. The van der Waals surface area contributed by atoms with Crippen LogP contribution in [0.4, 0.5) is 11.5 Å². The largest absolute Gasteiger partial charge is 0.365 e. The zero-order valence-electron chi connectivity index (χ0n) is 22.1. The number of carbonyl (C=O) groups is 1. The van der Waals surface area contributed by atoms with Gasteiger partial charge in [0.2, 0.25) is 10.0 Å². The van der Waals surface area contributed by atoms with Crippen molar-refractivity contribution >= 4 is 44.7 Å². The molecule has 1 spiro atoms. The second kappa shape index (κ2) is 10.2. The van der Waals surface area contributed by atoms with Crippen LogP contribution in [0.1, 0.15) is 46.8 Å². The first kappa shape index (κ1) is 26.7. The van der Waals surface area contributed by atoms with Gasteiger partial charge >= 0.3 is 0 Å². The minimum absolute atomic E-state index is 0.0799. The molecule has 4 heterocycles. The van der Waals surface area contributed by atoms with E-state index in [1.165, 1.54) is 28.0 Å². The van der Waals surface area contributed by atoms with E-state index in [0.29, 0.717) is 43.2 Å². The van der Waals surface area contributed by atoms with E-state index in [0.717, 1.165) is 5.56 Å². The Labute approximate surface area is 237 Å². The Kier molecular flexibility index (Phi) is 6.78.